The topological polar surface area (TPSA) is 66.4 Å². The van der Waals surface area contributed by atoms with Crippen molar-refractivity contribution in [3.8, 4) is 0 Å². The molecule has 0 aliphatic rings. The van der Waals surface area contributed by atoms with Crippen LogP contribution in [0.2, 0.25) is 0 Å². The number of nitrogens with one attached hydrogen (secondary N) is 1. The van der Waals surface area contributed by atoms with Crippen molar-refractivity contribution in [2.75, 3.05) is 0 Å². The van der Waals surface area contributed by atoms with Gasteiger partial charge in [0, 0.05) is 15.6 Å². The maximum atomic E-state index is 12.0. The molecular formula is C13H16BrNO3. The van der Waals surface area contributed by atoms with Crippen LogP contribution in [0.4, 0.5) is 0 Å². The second-order valence-electron chi connectivity index (χ2n) is 4.93. The summed E-state index contributed by atoms with van der Waals surface area (Å²) in [6.45, 7) is 5.26. The second-order valence-corrected chi connectivity index (χ2v) is 5.84. The van der Waals surface area contributed by atoms with Crippen molar-refractivity contribution in [2.45, 2.75) is 32.7 Å². The number of hydrogen-bond acceptors (Lipinski definition) is 2. The van der Waals surface area contributed by atoms with Crippen LogP contribution in [0, 0.1) is 6.92 Å². The van der Waals surface area contributed by atoms with Gasteiger partial charge in [0.25, 0.3) is 5.91 Å². The SMILES string of the molecule is Cc1cc(Br)cc(C(=O)NC(C)(C)CC(=O)O)c1. The highest BCUT2D eigenvalue weighted by molar-refractivity contribution is 9.10. The van der Waals surface area contributed by atoms with Gasteiger partial charge in [-0.3, -0.25) is 9.59 Å². The van der Waals surface area contributed by atoms with Crippen LogP contribution in [0.25, 0.3) is 0 Å². The predicted octanol–water partition coefficient (Wildman–Crippen LogP) is 2.74. The molecule has 18 heavy (non-hydrogen) atoms. The van der Waals surface area contributed by atoms with Crippen molar-refractivity contribution in [3.05, 3.63) is 33.8 Å². The highest BCUT2D eigenvalue weighted by Gasteiger charge is 2.24. The molecule has 0 atom stereocenters. The first kappa shape index (κ1) is 14.7. The fourth-order valence-corrected chi connectivity index (χ4v) is 2.28. The fourth-order valence-electron chi connectivity index (χ4n) is 1.67. The molecule has 2 N–H and O–H groups in total. The number of carboxylic acid groups (broad SMARTS) is 1. The molecule has 5 heteroatoms. The van der Waals surface area contributed by atoms with E-state index in [2.05, 4.69) is 21.2 Å². The van der Waals surface area contributed by atoms with Crippen LogP contribution in [-0.4, -0.2) is 22.5 Å². The fraction of sp³-hybridized carbons (Fsp3) is 0.385. The molecular weight excluding hydrogens is 298 g/mol. The zero-order valence-corrected chi connectivity index (χ0v) is 12.2. The smallest absolute Gasteiger partial charge is 0.305 e. The summed E-state index contributed by atoms with van der Waals surface area (Å²) in [7, 11) is 0. The van der Waals surface area contributed by atoms with E-state index >= 15 is 0 Å². The monoisotopic (exact) mass is 313 g/mol. The Hall–Kier alpha value is -1.36. The van der Waals surface area contributed by atoms with E-state index in [1.165, 1.54) is 0 Å². The van der Waals surface area contributed by atoms with Gasteiger partial charge in [-0.25, -0.2) is 0 Å². The molecule has 0 saturated heterocycles. The Morgan fingerprint density at radius 2 is 1.94 bits per heavy atom. The summed E-state index contributed by atoms with van der Waals surface area (Å²) in [6.07, 6.45) is -0.119. The van der Waals surface area contributed by atoms with Crippen molar-refractivity contribution < 1.29 is 14.7 Å². The van der Waals surface area contributed by atoms with E-state index in [9.17, 15) is 9.59 Å². The standard InChI is InChI=1S/C13H16BrNO3/c1-8-4-9(6-10(14)5-8)12(18)15-13(2,3)7-11(16)17/h4-6H,7H2,1-3H3,(H,15,18)(H,16,17). The Bertz CT molecular complexity index is 463. The third-order valence-electron chi connectivity index (χ3n) is 2.35. The van der Waals surface area contributed by atoms with E-state index in [0.29, 0.717) is 5.56 Å². The first-order valence-electron chi connectivity index (χ1n) is 5.51. The number of carboxylic acids is 1. The van der Waals surface area contributed by atoms with E-state index in [1.54, 1.807) is 26.0 Å². The summed E-state index contributed by atoms with van der Waals surface area (Å²) in [5.74, 6) is -1.21. The lowest BCUT2D eigenvalue weighted by atomic mass is 10.00. The van der Waals surface area contributed by atoms with E-state index in [4.69, 9.17) is 5.11 Å². The Kier molecular flexibility index (Phi) is 4.51. The van der Waals surface area contributed by atoms with Gasteiger partial charge in [-0.05, 0) is 44.5 Å². The lowest BCUT2D eigenvalue weighted by molar-refractivity contribution is -0.138. The molecule has 0 unspecified atom stereocenters. The van der Waals surface area contributed by atoms with Crippen molar-refractivity contribution in [1.82, 2.24) is 5.32 Å². The van der Waals surface area contributed by atoms with Gasteiger partial charge in [-0.2, -0.15) is 0 Å². The van der Waals surface area contributed by atoms with Gasteiger partial charge >= 0.3 is 5.97 Å². The maximum Gasteiger partial charge on any atom is 0.305 e. The van der Waals surface area contributed by atoms with Crippen LogP contribution in [0.3, 0.4) is 0 Å². The lowest BCUT2D eigenvalue weighted by Crippen LogP contribution is -2.44. The van der Waals surface area contributed by atoms with Gasteiger partial charge in [0.2, 0.25) is 0 Å². The van der Waals surface area contributed by atoms with Crippen molar-refractivity contribution in [1.29, 1.82) is 0 Å². The Morgan fingerprint density at radius 1 is 1.33 bits per heavy atom. The van der Waals surface area contributed by atoms with Crippen LogP contribution >= 0.6 is 15.9 Å². The van der Waals surface area contributed by atoms with Crippen LogP contribution in [0.1, 0.15) is 36.2 Å². The summed E-state index contributed by atoms with van der Waals surface area (Å²) in [5.41, 5.74) is 0.699. The molecule has 0 aromatic heterocycles. The van der Waals surface area contributed by atoms with Gasteiger partial charge < -0.3 is 10.4 Å². The summed E-state index contributed by atoms with van der Waals surface area (Å²) >= 11 is 3.33. The predicted molar refractivity (Wildman–Crippen MR) is 72.7 cm³/mol. The minimum absolute atomic E-state index is 0.119. The lowest BCUT2D eigenvalue weighted by Gasteiger charge is -2.24. The van der Waals surface area contributed by atoms with Crippen molar-refractivity contribution >= 4 is 27.8 Å². The second kappa shape index (κ2) is 5.52. The van der Waals surface area contributed by atoms with E-state index in [1.807, 2.05) is 13.0 Å². The third kappa shape index (κ3) is 4.49. The minimum Gasteiger partial charge on any atom is -0.481 e. The first-order chi connectivity index (χ1) is 8.19. The minimum atomic E-state index is -0.939. The van der Waals surface area contributed by atoms with E-state index < -0.39 is 11.5 Å². The van der Waals surface area contributed by atoms with Crippen molar-refractivity contribution in [2.24, 2.45) is 0 Å². The normalized spacial score (nSPS) is 11.1. The highest BCUT2D eigenvalue weighted by atomic mass is 79.9. The zero-order valence-electron chi connectivity index (χ0n) is 10.6. The number of rotatable bonds is 4. The number of benzene rings is 1. The van der Waals surface area contributed by atoms with Gasteiger partial charge in [0.15, 0.2) is 0 Å². The molecule has 1 rings (SSSR count). The average Bonchev–Trinajstić information content (AvgIpc) is 2.12. The molecule has 0 spiro atoms. The number of aryl methyl sites for hydroxylation is 1. The summed E-state index contributed by atoms with van der Waals surface area (Å²) in [5, 5.41) is 11.5. The quantitative estimate of drug-likeness (QED) is 0.898. The number of carbonyl (C=O) groups excluding carboxylic acids is 1. The van der Waals surface area contributed by atoms with E-state index in [0.717, 1.165) is 10.0 Å². The summed E-state index contributed by atoms with van der Waals surface area (Å²) in [4.78, 5) is 22.7. The molecule has 0 aliphatic carbocycles. The molecule has 0 bridgehead atoms. The number of carbonyl (C=O) groups is 2. The zero-order chi connectivity index (χ0) is 13.9. The molecule has 4 nitrogen and oxygen atoms in total. The van der Waals surface area contributed by atoms with Crippen LogP contribution in [-0.2, 0) is 4.79 Å². The molecule has 1 aromatic carbocycles. The Labute approximate surface area is 115 Å². The van der Waals surface area contributed by atoms with Gasteiger partial charge in [0.1, 0.15) is 0 Å². The van der Waals surface area contributed by atoms with Crippen LogP contribution < -0.4 is 5.32 Å². The number of aliphatic carboxylic acids is 1. The summed E-state index contributed by atoms with van der Waals surface area (Å²) in [6, 6.07) is 5.37. The Balaban J connectivity index is 2.85. The van der Waals surface area contributed by atoms with Gasteiger partial charge in [-0.15, -0.1) is 0 Å². The number of hydrogen-bond donors (Lipinski definition) is 2. The van der Waals surface area contributed by atoms with Gasteiger partial charge in [0.05, 0.1) is 6.42 Å². The molecule has 98 valence electrons. The third-order valence-corrected chi connectivity index (χ3v) is 2.81. The molecule has 0 saturated carbocycles. The molecule has 0 heterocycles. The number of amides is 1. The molecule has 1 amide bonds. The molecule has 0 radical (unpaired) electrons. The largest absolute Gasteiger partial charge is 0.481 e. The molecule has 1 aromatic rings. The number of halogens is 1. The molecule has 0 aliphatic heterocycles. The Morgan fingerprint density at radius 3 is 2.44 bits per heavy atom. The average molecular weight is 314 g/mol. The van der Waals surface area contributed by atoms with Crippen LogP contribution in [0.5, 0.6) is 0 Å². The summed E-state index contributed by atoms with van der Waals surface area (Å²) < 4.78 is 0.823. The molecule has 0 fully saturated rings. The maximum absolute atomic E-state index is 12.0. The van der Waals surface area contributed by atoms with Crippen LogP contribution in [0.15, 0.2) is 22.7 Å². The highest BCUT2D eigenvalue weighted by Crippen LogP contribution is 2.17. The first-order valence-corrected chi connectivity index (χ1v) is 6.30. The van der Waals surface area contributed by atoms with Gasteiger partial charge in [-0.1, -0.05) is 15.9 Å². The van der Waals surface area contributed by atoms with Crippen molar-refractivity contribution in [3.63, 3.8) is 0 Å². The van der Waals surface area contributed by atoms with E-state index in [-0.39, 0.29) is 12.3 Å².